The van der Waals surface area contributed by atoms with Gasteiger partial charge in [0.1, 0.15) is 0 Å². The van der Waals surface area contributed by atoms with Crippen molar-refractivity contribution in [2.75, 3.05) is 13.1 Å². The fourth-order valence-electron chi connectivity index (χ4n) is 4.16. The molecule has 1 unspecified atom stereocenters. The molecule has 3 rings (SSSR count). The molecule has 0 aliphatic heterocycles. The van der Waals surface area contributed by atoms with Crippen molar-refractivity contribution in [2.45, 2.75) is 45.2 Å². The molecule has 9 heteroatoms. The molecule has 0 radical (unpaired) electrons. The van der Waals surface area contributed by atoms with Crippen molar-refractivity contribution in [3.8, 4) is 11.1 Å². The molecular weight excluding hydrogens is 508 g/mol. The van der Waals surface area contributed by atoms with E-state index in [4.69, 9.17) is 0 Å². The van der Waals surface area contributed by atoms with Crippen LogP contribution < -0.4 is 21.3 Å². The normalized spacial score (nSPS) is 11.2. The minimum Gasteiger partial charge on any atom is -0.481 e. The lowest BCUT2D eigenvalue weighted by Gasteiger charge is -2.18. The number of carbonyl (C=O) groups is 4. The van der Waals surface area contributed by atoms with Crippen molar-refractivity contribution >= 4 is 23.8 Å². The first-order chi connectivity index (χ1) is 19.3. The number of carboxylic acid groups (broad SMARTS) is 1. The Labute approximate surface area is 234 Å². The summed E-state index contributed by atoms with van der Waals surface area (Å²) in [6, 6.07) is 24.0. The molecule has 0 spiro atoms. The fraction of sp³-hybridized carbons (Fsp3) is 0.290. The van der Waals surface area contributed by atoms with E-state index in [0.29, 0.717) is 31.5 Å². The molecule has 0 saturated heterocycles. The number of unbranched alkanes of at least 4 members (excludes halogenated alkanes) is 1. The maximum Gasteiger partial charge on any atom is 0.315 e. The number of nitrogens with one attached hydrogen (secondary N) is 4. The lowest BCUT2D eigenvalue weighted by Crippen LogP contribution is -2.39. The van der Waals surface area contributed by atoms with Gasteiger partial charge in [-0.15, -0.1) is 0 Å². The van der Waals surface area contributed by atoms with Crippen molar-refractivity contribution in [1.29, 1.82) is 0 Å². The van der Waals surface area contributed by atoms with E-state index in [1.807, 2.05) is 73.7 Å². The fourth-order valence-corrected chi connectivity index (χ4v) is 4.16. The number of hydrogen-bond acceptors (Lipinski definition) is 4. The molecule has 9 nitrogen and oxygen atoms in total. The number of benzene rings is 3. The van der Waals surface area contributed by atoms with Gasteiger partial charge >= 0.3 is 12.0 Å². The van der Waals surface area contributed by atoms with Gasteiger partial charge in [-0.2, -0.15) is 0 Å². The highest BCUT2D eigenvalue weighted by Crippen LogP contribution is 2.23. The monoisotopic (exact) mass is 544 g/mol. The van der Waals surface area contributed by atoms with Crippen LogP contribution in [-0.2, 0) is 20.9 Å². The van der Waals surface area contributed by atoms with Crippen LogP contribution in [0.5, 0.6) is 0 Å². The lowest BCUT2D eigenvalue weighted by molar-refractivity contribution is -0.138. The van der Waals surface area contributed by atoms with Gasteiger partial charge in [-0.3, -0.25) is 14.4 Å². The Kier molecular flexibility index (Phi) is 11.7. The van der Waals surface area contributed by atoms with Gasteiger partial charge in [0.25, 0.3) is 0 Å². The molecule has 1 atom stereocenters. The summed E-state index contributed by atoms with van der Waals surface area (Å²) in [4.78, 5) is 47.9. The smallest absolute Gasteiger partial charge is 0.315 e. The standard InChI is InChI=1S/C31H36N4O5/c1-22-8-7-9-23(18-22)20-34-31(40)32-17-6-5-12-28(36)33-21-29(37)35-27(19-30(38)39)26-15-13-25(14-16-26)24-10-3-2-4-11-24/h2-4,7-11,13-16,18,27H,5-6,12,17,19-21H2,1H3,(H,33,36)(H,35,37)(H,38,39)(H2,32,34,40). The molecular formula is C31H36N4O5. The molecule has 0 aliphatic carbocycles. The van der Waals surface area contributed by atoms with Crippen LogP contribution in [-0.4, -0.2) is 42.0 Å². The zero-order valence-electron chi connectivity index (χ0n) is 22.6. The number of rotatable bonds is 14. The van der Waals surface area contributed by atoms with E-state index in [1.54, 1.807) is 12.1 Å². The Balaban J connectivity index is 1.34. The first-order valence-electron chi connectivity index (χ1n) is 13.3. The summed E-state index contributed by atoms with van der Waals surface area (Å²) in [6.07, 6.45) is 1.08. The summed E-state index contributed by atoms with van der Waals surface area (Å²) in [5.41, 5.74) is 4.83. The van der Waals surface area contributed by atoms with Crippen molar-refractivity contribution in [3.05, 3.63) is 95.6 Å². The highest BCUT2D eigenvalue weighted by atomic mass is 16.4. The summed E-state index contributed by atoms with van der Waals surface area (Å²) >= 11 is 0. The molecule has 5 N–H and O–H groups in total. The molecule has 3 aromatic carbocycles. The van der Waals surface area contributed by atoms with Crippen molar-refractivity contribution in [3.63, 3.8) is 0 Å². The van der Waals surface area contributed by atoms with Crippen LogP contribution in [0.1, 0.15) is 48.4 Å². The van der Waals surface area contributed by atoms with Gasteiger partial charge in [0, 0.05) is 19.5 Å². The Morgan fingerprint density at radius 2 is 1.50 bits per heavy atom. The lowest BCUT2D eigenvalue weighted by atomic mass is 9.99. The van der Waals surface area contributed by atoms with E-state index >= 15 is 0 Å². The highest BCUT2D eigenvalue weighted by molar-refractivity contribution is 5.85. The molecule has 0 fully saturated rings. The van der Waals surface area contributed by atoms with Gasteiger partial charge in [-0.25, -0.2) is 4.79 Å². The Morgan fingerprint density at radius 1 is 0.775 bits per heavy atom. The minimum absolute atomic E-state index is 0.208. The van der Waals surface area contributed by atoms with Gasteiger partial charge in [0.15, 0.2) is 0 Å². The van der Waals surface area contributed by atoms with Gasteiger partial charge in [-0.05, 0) is 42.0 Å². The second kappa shape index (κ2) is 15.7. The third-order valence-electron chi connectivity index (χ3n) is 6.23. The van der Waals surface area contributed by atoms with Crippen LogP contribution in [0.25, 0.3) is 11.1 Å². The largest absolute Gasteiger partial charge is 0.481 e. The number of aryl methyl sites for hydroxylation is 1. The Hall–Kier alpha value is -4.66. The average Bonchev–Trinajstić information content (AvgIpc) is 2.95. The predicted octanol–water partition coefficient (Wildman–Crippen LogP) is 4.08. The quantitative estimate of drug-likeness (QED) is 0.195. The maximum atomic E-state index is 12.5. The van der Waals surface area contributed by atoms with E-state index in [-0.39, 0.29) is 31.3 Å². The number of hydrogen-bond donors (Lipinski definition) is 5. The summed E-state index contributed by atoms with van der Waals surface area (Å²) in [6.45, 7) is 2.60. The predicted molar refractivity (Wildman–Crippen MR) is 153 cm³/mol. The van der Waals surface area contributed by atoms with Gasteiger partial charge < -0.3 is 26.4 Å². The average molecular weight is 545 g/mol. The van der Waals surface area contributed by atoms with Gasteiger partial charge in [-0.1, -0.05) is 84.4 Å². The molecule has 210 valence electrons. The summed E-state index contributed by atoms with van der Waals surface area (Å²) in [7, 11) is 0. The molecule has 0 aromatic heterocycles. The third kappa shape index (κ3) is 10.6. The first-order valence-corrected chi connectivity index (χ1v) is 13.3. The maximum absolute atomic E-state index is 12.5. The highest BCUT2D eigenvalue weighted by Gasteiger charge is 2.18. The molecule has 0 heterocycles. The molecule has 4 amide bonds. The van der Waals surface area contributed by atoms with Crippen LogP contribution >= 0.6 is 0 Å². The zero-order valence-corrected chi connectivity index (χ0v) is 22.6. The Bertz CT molecular complexity index is 1280. The number of carboxylic acids is 1. The number of amides is 4. The number of carbonyl (C=O) groups excluding carboxylic acids is 3. The molecule has 0 aliphatic rings. The summed E-state index contributed by atoms with van der Waals surface area (Å²) in [5.74, 6) is -1.81. The third-order valence-corrected chi connectivity index (χ3v) is 6.23. The minimum atomic E-state index is -1.04. The molecule has 0 bridgehead atoms. The zero-order chi connectivity index (χ0) is 28.7. The van der Waals surface area contributed by atoms with Crippen LogP contribution in [0.4, 0.5) is 4.79 Å². The number of aliphatic carboxylic acids is 1. The van der Waals surface area contributed by atoms with Crippen LogP contribution in [0.3, 0.4) is 0 Å². The second-order valence-electron chi connectivity index (χ2n) is 9.54. The summed E-state index contributed by atoms with van der Waals surface area (Å²) in [5, 5.41) is 20.2. The molecule has 40 heavy (non-hydrogen) atoms. The Morgan fingerprint density at radius 3 is 2.20 bits per heavy atom. The first kappa shape index (κ1) is 29.9. The van der Waals surface area contributed by atoms with E-state index in [2.05, 4.69) is 21.3 Å². The van der Waals surface area contributed by atoms with E-state index in [0.717, 1.165) is 22.3 Å². The van der Waals surface area contributed by atoms with Gasteiger partial charge in [0.05, 0.1) is 19.0 Å². The SMILES string of the molecule is Cc1cccc(CNC(=O)NCCCCC(=O)NCC(=O)NC(CC(=O)O)c2ccc(-c3ccccc3)cc2)c1. The van der Waals surface area contributed by atoms with E-state index in [9.17, 15) is 24.3 Å². The van der Waals surface area contributed by atoms with Gasteiger partial charge in [0.2, 0.25) is 11.8 Å². The van der Waals surface area contributed by atoms with E-state index < -0.39 is 17.9 Å². The van der Waals surface area contributed by atoms with Crippen LogP contribution in [0, 0.1) is 6.92 Å². The molecule has 0 saturated carbocycles. The van der Waals surface area contributed by atoms with Crippen molar-refractivity contribution in [1.82, 2.24) is 21.3 Å². The van der Waals surface area contributed by atoms with E-state index in [1.165, 1.54) is 0 Å². The number of urea groups is 1. The second-order valence-corrected chi connectivity index (χ2v) is 9.54. The van der Waals surface area contributed by atoms with Crippen molar-refractivity contribution in [2.24, 2.45) is 0 Å². The van der Waals surface area contributed by atoms with Crippen molar-refractivity contribution < 1.29 is 24.3 Å². The topological polar surface area (TPSA) is 137 Å². The van der Waals surface area contributed by atoms with Crippen LogP contribution in [0.15, 0.2) is 78.9 Å². The molecule has 3 aromatic rings. The van der Waals surface area contributed by atoms with Crippen LogP contribution in [0.2, 0.25) is 0 Å². The summed E-state index contributed by atoms with van der Waals surface area (Å²) < 4.78 is 0.